The highest BCUT2D eigenvalue weighted by Gasteiger charge is 2.20. The zero-order valence-corrected chi connectivity index (χ0v) is 11.3. The van der Waals surface area contributed by atoms with E-state index >= 15 is 0 Å². The van der Waals surface area contributed by atoms with Gasteiger partial charge in [0.25, 0.3) is 0 Å². The molecule has 1 aromatic heterocycles. The lowest BCUT2D eigenvalue weighted by atomic mass is 9.87. The Morgan fingerprint density at radius 1 is 1.41 bits per heavy atom. The van der Waals surface area contributed by atoms with Crippen LogP contribution in [0, 0.1) is 5.92 Å². The van der Waals surface area contributed by atoms with E-state index in [1.165, 1.54) is 31.2 Å². The number of rotatable bonds is 4. The monoisotopic (exact) mass is 235 g/mol. The van der Waals surface area contributed by atoms with Crippen LogP contribution in [0.2, 0.25) is 0 Å². The van der Waals surface area contributed by atoms with Gasteiger partial charge in [0, 0.05) is 30.4 Å². The summed E-state index contributed by atoms with van der Waals surface area (Å²) in [5.74, 6) is 0.922. The molecule has 17 heavy (non-hydrogen) atoms. The van der Waals surface area contributed by atoms with E-state index in [0.717, 1.165) is 12.5 Å². The minimum Gasteiger partial charge on any atom is -0.307 e. The Kier molecular flexibility index (Phi) is 4.21. The zero-order chi connectivity index (χ0) is 12.3. The van der Waals surface area contributed by atoms with Crippen LogP contribution in [0.1, 0.15) is 58.1 Å². The average molecular weight is 235 g/mol. The van der Waals surface area contributed by atoms with Gasteiger partial charge < -0.3 is 5.32 Å². The van der Waals surface area contributed by atoms with Gasteiger partial charge in [0.15, 0.2) is 0 Å². The minimum atomic E-state index is 0.425. The summed E-state index contributed by atoms with van der Waals surface area (Å²) in [7, 11) is 0. The third kappa shape index (κ3) is 3.32. The molecule has 1 atom stereocenters. The molecule has 1 aromatic rings. The molecule has 0 saturated heterocycles. The van der Waals surface area contributed by atoms with E-state index in [1.807, 2.05) is 10.9 Å². The molecule has 0 radical (unpaired) electrons. The van der Waals surface area contributed by atoms with Gasteiger partial charge in [-0.25, -0.2) is 0 Å². The smallest absolute Gasteiger partial charge is 0.0537 e. The van der Waals surface area contributed by atoms with Crippen molar-refractivity contribution < 1.29 is 0 Å². The van der Waals surface area contributed by atoms with E-state index in [1.54, 1.807) is 0 Å². The third-order valence-corrected chi connectivity index (χ3v) is 3.98. The first kappa shape index (κ1) is 12.6. The van der Waals surface area contributed by atoms with Crippen molar-refractivity contribution in [2.24, 2.45) is 5.92 Å². The van der Waals surface area contributed by atoms with Crippen LogP contribution >= 0.6 is 0 Å². The molecule has 1 aliphatic carbocycles. The van der Waals surface area contributed by atoms with Crippen molar-refractivity contribution in [1.82, 2.24) is 15.1 Å². The highest BCUT2D eigenvalue weighted by atomic mass is 15.3. The summed E-state index contributed by atoms with van der Waals surface area (Å²) in [5, 5.41) is 8.08. The molecule has 1 aliphatic rings. The number of nitrogens with one attached hydrogen (secondary N) is 1. The van der Waals surface area contributed by atoms with E-state index in [2.05, 4.69) is 37.4 Å². The van der Waals surface area contributed by atoms with Crippen LogP contribution in [0.15, 0.2) is 12.4 Å². The molecule has 1 saturated carbocycles. The fraction of sp³-hybridized carbons (Fsp3) is 0.786. The van der Waals surface area contributed by atoms with E-state index in [-0.39, 0.29) is 0 Å². The molecule has 1 heterocycles. The molecule has 1 N–H and O–H groups in total. The summed E-state index contributed by atoms with van der Waals surface area (Å²) in [6.45, 7) is 7.69. The topological polar surface area (TPSA) is 29.9 Å². The molecule has 3 heteroatoms. The summed E-state index contributed by atoms with van der Waals surface area (Å²) in [6.07, 6.45) is 9.55. The quantitative estimate of drug-likeness (QED) is 0.869. The van der Waals surface area contributed by atoms with Crippen molar-refractivity contribution >= 4 is 0 Å². The Balaban J connectivity index is 1.86. The number of hydrogen-bond acceptors (Lipinski definition) is 2. The van der Waals surface area contributed by atoms with Crippen LogP contribution in [0.3, 0.4) is 0 Å². The number of nitrogens with zero attached hydrogens (tertiary/aromatic N) is 2. The minimum absolute atomic E-state index is 0.425. The van der Waals surface area contributed by atoms with Crippen LogP contribution < -0.4 is 5.32 Å². The molecule has 0 spiro atoms. The van der Waals surface area contributed by atoms with Gasteiger partial charge in [0.2, 0.25) is 0 Å². The first-order valence-electron chi connectivity index (χ1n) is 6.97. The molecule has 0 aliphatic heterocycles. The molecular weight excluding hydrogens is 210 g/mol. The lowest BCUT2D eigenvalue weighted by molar-refractivity contribution is 0.291. The van der Waals surface area contributed by atoms with Gasteiger partial charge in [-0.2, -0.15) is 5.10 Å². The van der Waals surface area contributed by atoms with Crippen molar-refractivity contribution in [3.8, 4) is 0 Å². The van der Waals surface area contributed by atoms with Gasteiger partial charge in [0.1, 0.15) is 0 Å². The predicted octanol–water partition coefficient (Wildman–Crippen LogP) is 3.13. The summed E-state index contributed by atoms with van der Waals surface area (Å²) < 4.78 is 2.00. The van der Waals surface area contributed by atoms with Crippen LogP contribution in [-0.4, -0.2) is 15.8 Å². The van der Waals surface area contributed by atoms with Crippen LogP contribution in [0.25, 0.3) is 0 Å². The second-order valence-electron chi connectivity index (χ2n) is 5.47. The predicted molar refractivity (Wildman–Crippen MR) is 70.9 cm³/mol. The van der Waals surface area contributed by atoms with Gasteiger partial charge in [0.05, 0.1) is 6.20 Å². The number of aromatic nitrogens is 2. The maximum atomic E-state index is 4.34. The molecule has 0 bridgehead atoms. The molecule has 1 fully saturated rings. The maximum Gasteiger partial charge on any atom is 0.0537 e. The van der Waals surface area contributed by atoms with Gasteiger partial charge in [-0.3, -0.25) is 4.68 Å². The molecule has 0 amide bonds. The summed E-state index contributed by atoms with van der Waals surface area (Å²) in [5.41, 5.74) is 1.31. The first-order valence-corrected chi connectivity index (χ1v) is 6.97. The Labute approximate surface area is 105 Å². The second kappa shape index (κ2) is 5.67. The number of hydrogen-bond donors (Lipinski definition) is 1. The summed E-state index contributed by atoms with van der Waals surface area (Å²) >= 11 is 0. The van der Waals surface area contributed by atoms with Crippen molar-refractivity contribution in [2.75, 3.05) is 0 Å². The van der Waals surface area contributed by atoms with Crippen molar-refractivity contribution in [3.05, 3.63) is 18.0 Å². The fourth-order valence-electron chi connectivity index (χ4n) is 2.65. The van der Waals surface area contributed by atoms with Crippen molar-refractivity contribution in [3.63, 3.8) is 0 Å². The van der Waals surface area contributed by atoms with Crippen LogP contribution in [0.5, 0.6) is 0 Å². The Hall–Kier alpha value is -0.830. The van der Waals surface area contributed by atoms with Gasteiger partial charge in [-0.05, 0) is 45.4 Å². The van der Waals surface area contributed by atoms with Gasteiger partial charge >= 0.3 is 0 Å². The maximum absolute atomic E-state index is 4.34. The van der Waals surface area contributed by atoms with Gasteiger partial charge in [-0.15, -0.1) is 0 Å². The molecule has 1 unspecified atom stereocenters. The van der Waals surface area contributed by atoms with Gasteiger partial charge in [-0.1, -0.05) is 6.92 Å². The third-order valence-electron chi connectivity index (χ3n) is 3.98. The van der Waals surface area contributed by atoms with Crippen LogP contribution in [-0.2, 0) is 6.54 Å². The van der Waals surface area contributed by atoms with E-state index in [4.69, 9.17) is 0 Å². The SMILES string of the molecule is CCn1cc(C(C)NC2CCC(C)CC2)cn1. The summed E-state index contributed by atoms with van der Waals surface area (Å²) in [6, 6.07) is 1.12. The highest BCUT2D eigenvalue weighted by molar-refractivity contribution is 5.09. The second-order valence-corrected chi connectivity index (χ2v) is 5.47. The number of aryl methyl sites for hydroxylation is 1. The lowest BCUT2D eigenvalue weighted by Gasteiger charge is -2.29. The average Bonchev–Trinajstić information content (AvgIpc) is 2.81. The summed E-state index contributed by atoms with van der Waals surface area (Å²) in [4.78, 5) is 0. The Bertz CT molecular complexity index is 337. The van der Waals surface area contributed by atoms with E-state index in [9.17, 15) is 0 Å². The molecular formula is C14H25N3. The Morgan fingerprint density at radius 2 is 2.12 bits per heavy atom. The molecule has 0 aromatic carbocycles. The van der Waals surface area contributed by atoms with E-state index < -0.39 is 0 Å². The van der Waals surface area contributed by atoms with Crippen LogP contribution in [0.4, 0.5) is 0 Å². The lowest BCUT2D eigenvalue weighted by Crippen LogP contribution is -2.34. The molecule has 96 valence electrons. The standard InChI is InChI=1S/C14H25N3/c1-4-17-10-13(9-15-17)12(3)16-14-7-5-11(2)6-8-14/h9-12,14,16H,4-8H2,1-3H3. The van der Waals surface area contributed by atoms with E-state index in [0.29, 0.717) is 12.1 Å². The largest absolute Gasteiger partial charge is 0.307 e. The normalized spacial score (nSPS) is 27.0. The van der Waals surface area contributed by atoms with Crippen molar-refractivity contribution in [1.29, 1.82) is 0 Å². The highest BCUT2D eigenvalue weighted by Crippen LogP contribution is 2.25. The molecule has 3 nitrogen and oxygen atoms in total. The first-order chi connectivity index (χ1) is 8.19. The zero-order valence-electron chi connectivity index (χ0n) is 11.3. The molecule has 2 rings (SSSR count). The Morgan fingerprint density at radius 3 is 2.71 bits per heavy atom. The van der Waals surface area contributed by atoms with Crippen molar-refractivity contribution in [2.45, 2.75) is 65.1 Å². The fourth-order valence-corrected chi connectivity index (χ4v) is 2.65.